The van der Waals surface area contributed by atoms with E-state index in [1.807, 2.05) is 24.3 Å². The van der Waals surface area contributed by atoms with Crippen LogP contribution in [0, 0.1) is 12.0 Å². The van der Waals surface area contributed by atoms with Gasteiger partial charge in [0.15, 0.2) is 0 Å². The lowest BCUT2D eigenvalue weighted by atomic mass is 10.2. The van der Waals surface area contributed by atoms with Gasteiger partial charge in [0.05, 0.1) is 13.7 Å². The Labute approximate surface area is 78.9 Å². The molecule has 0 radical (unpaired) electrons. The molecule has 0 heterocycles. The zero-order valence-corrected chi connectivity index (χ0v) is 7.92. The molecule has 0 fully saturated rings. The van der Waals surface area contributed by atoms with Crippen molar-refractivity contribution in [3.8, 4) is 17.7 Å². The minimum atomic E-state index is 0.713. The number of hydrogen-bond donors (Lipinski definition) is 1. The van der Waals surface area contributed by atoms with Crippen LogP contribution in [0.25, 0.3) is 0 Å². The van der Waals surface area contributed by atoms with Gasteiger partial charge in [-0.2, -0.15) is 0 Å². The molecule has 0 aliphatic heterocycles. The minimum Gasteiger partial charge on any atom is -0.496 e. The average Bonchev–Trinajstić information content (AvgIpc) is 2.19. The molecule has 0 spiro atoms. The number of ether oxygens (including phenoxy) is 1. The molecule has 1 aromatic carbocycles. The van der Waals surface area contributed by atoms with E-state index < -0.39 is 0 Å². The predicted molar refractivity (Wildman–Crippen MR) is 53.3 cm³/mol. The Kier molecular flexibility index (Phi) is 3.72. The maximum absolute atomic E-state index is 5.19. The summed E-state index contributed by atoms with van der Waals surface area (Å²) in [7, 11) is 1.67. The summed E-state index contributed by atoms with van der Waals surface area (Å²) >= 11 is 0. The van der Waals surface area contributed by atoms with E-state index >= 15 is 0 Å². The molecular weight excluding hydrogens is 162 g/mol. The van der Waals surface area contributed by atoms with Crippen molar-refractivity contribution in [2.75, 3.05) is 7.11 Å². The minimum absolute atomic E-state index is 0.713. The lowest BCUT2D eigenvalue weighted by molar-refractivity contribution is 0.409. The largest absolute Gasteiger partial charge is 0.496 e. The first-order chi connectivity index (χ1) is 6.38. The first-order valence-corrected chi connectivity index (χ1v) is 4.15. The van der Waals surface area contributed by atoms with Crippen molar-refractivity contribution in [2.24, 2.45) is 0 Å². The summed E-state index contributed by atoms with van der Waals surface area (Å²) < 4.78 is 5.19. The van der Waals surface area contributed by atoms with Crippen LogP contribution in [0.1, 0.15) is 12.5 Å². The fourth-order valence-electron chi connectivity index (χ4n) is 1.08. The monoisotopic (exact) mass is 175 g/mol. The van der Waals surface area contributed by atoms with Crippen molar-refractivity contribution >= 4 is 0 Å². The van der Waals surface area contributed by atoms with Gasteiger partial charge in [-0.15, -0.1) is 0 Å². The topological polar surface area (TPSA) is 21.3 Å². The molecule has 0 saturated carbocycles. The van der Waals surface area contributed by atoms with E-state index in [1.54, 1.807) is 14.0 Å². The van der Waals surface area contributed by atoms with Crippen molar-refractivity contribution in [1.29, 1.82) is 0 Å². The zero-order chi connectivity index (χ0) is 9.52. The van der Waals surface area contributed by atoms with Gasteiger partial charge >= 0.3 is 0 Å². The van der Waals surface area contributed by atoms with Crippen LogP contribution in [0.2, 0.25) is 0 Å². The summed E-state index contributed by atoms with van der Waals surface area (Å²) in [5, 5.41) is 2.98. The van der Waals surface area contributed by atoms with Crippen LogP contribution in [0.3, 0.4) is 0 Å². The van der Waals surface area contributed by atoms with Crippen LogP contribution in [0.15, 0.2) is 24.3 Å². The van der Waals surface area contributed by atoms with Gasteiger partial charge in [0.25, 0.3) is 0 Å². The third kappa shape index (κ3) is 2.72. The first kappa shape index (κ1) is 9.47. The number of rotatable bonds is 3. The number of methoxy groups -OCH3 is 1. The van der Waals surface area contributed by atoms with Crippen molar-refractivity contribution in [1.82, 2.24) is 5.32 Å². The Morgan fingerprint density at radius 2 is 2.15 bits per heavy atom. The molecule has 1 aromatic rings. The number of para-hydroxylation sites is 1. The third-order valence-electron chi connectivity index (χ3n) is 1.68. The Balaban J connectivity index is 2.67. The van der Waals surface area contributed by atoms with Crippen LogP contribution in [-0.4, -0.2) is 7.11 Å². The highest BCUT2D eigenvalue weighted by molar-refractivity contribution is 5.33. The molecule has 0 bridgehead atoms. The molecule has 2 heteroatoms. The average molecular weight is 175 g/mol. The van der Waals surface area contributed by atoms with Gasteiger partial charge in [-0.05, 0) is 13.0 Å². The van der Waals surface area contributed by atoms with E-state index in [-0.39, 0.29) is 0 Å². The molecule has 0 aliphatic rings. The lowest BCUT2D eigenvalue weighted by Gasteiger charge is -2.06. The molecule has 13 heavy (non-hydrogen) atoms. The van der Waals surface area contributed by atoms with Crippen molar-refractivity contribution < 1.29 is 4.74 Å². The van der Waals surface area contributed by atoms with Gasteiger partial charge in [-0.1, -0.05) is 24.1 Å². The van der Waals surface area contributed by atoms with Crippen LogP contribution >= 0.6 is 0 Å². The van der Waals surface area contributed by atoms with Gasteiger partial charge in [-0.3, -0.25) is 0 Å². The molecule has 1 rings (SSSR count). The SMILES string of the molecule is CC#CNCc1ccccc1OC. The summed E-state index contributed by atoms with van der Waals surface area (Å²) in [6.45, 7) is 2.51. The fraction of sp³-hybridized carbons (Fsp3) is 0.273. The van der Waals surface area contributed by atoms with E-state index in [4.69, 9.17) is 4.74 Å². The van der Waals surface area contributed by atoms with Crippen molar-refractivity contribution in [3.63, 3.8) is 0 Å². The highest BCUT2D eigenvalue weighted by atomic mass is 16.5. The fourth-order valence-corrected chi connectivity index (χ4v) is 1.08. The molecule has 68 valence electrons. The quantitative estimate of drug-likeness (QED) is 0.558. The number of hydrogen-bond acceptors (Lipinski definition) is 2. The Hall–Kier alpha value is -1.62. The van der Waals surface area contributed by atoms with E-state index in [0.29, 0.717) is 6.54 Å². The van der Waals surface area contributed by atoms with Crippen LogP contribution in [0.4, 0.5) is 0 Å². The standard InChI is InChI=1S/C11H13NO/c1-3-8-12-9-10-6-4-5-7-11(10)13-2/h4-7,12H,9H2,1-2H3. The van der Waals surface area contributed by atoms with Gasteiger partial charge in [0.1, 0.15) is 5.75 Å². The normalized spacial score (nSPS) is 8.46. The second-order valence-electron chi connectivity index (χ2n) is 2.54. The second kappa shape index (κ2) is 5.10. The summed E-state index contributed by atoms with van der Waals surface area (Å²) in [5.74, 6) is 3.67. The molecular formula is C11H13NO. The van der Waals surface area contributed by atoms with E-state index in [1.165, 1.54) is 0 Å². The number of nitrogens with one attached hydrogen (secondary N) is 1. The summed E-state index contributed by atoms with van der Waals surface area (Å²) in [4.78, 5) is 0. The molecule has 0 saturated heterocycles. The Morgan fingerprint density at radius 1 is 1.38 bits per heavy atom. The summed E-state index contributed by atoms with van der Waals surface area (Å²) in [5.41, 5.74) is 1.12. The maximum Gasteiger partial charge on any atom is 0.123 e. The van der Waals surface area contributed by atoms with Gasteiger partial charge < -0.3 is 10.1 Å². The van der Waals surface area contributed by atoms with E-state index in [0.717, 1.165) is 11.3 Å². The molecule has 0 unspecified atom stereocenters. The highest BCUT2D eigenvalue weighted by Gasteiger charge is 1.98. The van der Waals surface area contributed by atoms with Crippen LogP contribution in [-0.2, 0) is 6.54 Å². The molecule has 0 aromatic heterocycles. The Bertz CT molecular complexity index is 322. The molecule has 0 atom stereocenters. The van der Waals surface area contributed by atoms with Crippen LogP contribution < -0.4 is 10.1 Å². The molecule has 2 nitrogen and oxygen atoms in total. The van der Waals surface area contributed by atoms with E-state index in [9.17, 15) is 0 Å². The van der Waals surface area contributed by atoms with Gasteiger partial charge in [-0.25, -0.2) is 0 Å². The molecule has 1 N–H and O–H groups in total. The highest BCUT2D eigenvalue weighted by Crippen LogP contribution is 2.16. The molecule has 0 amide bonds. The van der Waals surface area contributed by atoms with Gasteiger partial charge in [0, 0.05) is 11.6 Å². The lowest BCUT2D eigenvalue weighted by Crippen LogP contribution is -2.06. The van der Waals surface area contributed by atoms with E-state index in [2.05, 4.69) is 17.3 Å². The summed E-state index contributed by atoms with van der Waals surface area (Å²) in [6.07, 6.45) is 0. The van der Waals surface area contributed by atoms with Gasteiger partial charge in [0.2, 0.25) is 0 Å². The Morgan fingerprint density at radius 3 is 2.85 bits per heavy atom. The predicted octanol–water partition coefficient (Wildman–Crippen LogP) is 1.77. The number of benzene rings is 1. The van der Waals surface area contributed by atoms with Crippen LogP contribution in [0.5, 0.6) is 5.75 Å². The first-order valence-electron chi connectivity index (χ1n) is 4.15. The third-order valence-corrected chi connectivity index (χ3v) is 1.68. The zero-order valence-electron chi connectivity index (χ0n) is 7.92. The smallest absolute Gasteiger partial charge is 0.123 e. The van der Waals surface area contributed by atoms with Crippen molar-refractivity contribution in [2.45, 2.75) is 13.5 Å². The molecule has 0 aliphatic carbocycles. The van der Waals surface area contributed by atoms with Crippen molar-refractivity contribution in [3.05, 3.63) is 29.8 Å². The maximum atomic E-state index is 5.19. The summed E-state index contributed by atoms with van der Waals surface area (Å²) in [6, 6.07) is 10.7. The second-order valence-corrected chi connectivity index (χ2v) is 2.54.